The van der Waals surface area contributed by atoms with Crippen molar-refractivity contribution in [3.63, 3.8) is 0 Å². The number of hydrogen-bond donors (Lipinski definition) is 1. The Morgan fingerprint density at radius 2 is 2.00 bits per heavy atom. The lowest BCUT2D eigenvalue weighted by atomic mass is 9.97. The third-order valence-electron chi connectivity index (χ3n) is 3.28. The van der Waals surface area contributed by atoms with Gasteiger partial charge in [0.1, 0.15) is 0 Å². The van der Waals surface area contributed by atoms with Gasteiger partial charge in [-0.25, -0.2) is 9.97 Å². The Morgan fingerprint density at radius 1 is 1.24 bits per heavy atom. The molecule has 2 rings (SSSR count). The summed E-state index contributed by atoms with van der Waals surface area (Å²) in [4.78, 5) is 8.77. The predicted molar refractivity (Wildman–Crippen MR) is 72.1 cm³/mol. The molecule has 4 heteroatoms. The average Bonchev–Trinajstić information content (AvgIpc) is 2.29. The van der Waals surface area contributed by atoms with Gasteiger partial charge in [0.15, 0.2) is 5.16 Å². The van der Waals surface area contributed by atoms with E-state index in [9.17, 15) is 0 Å². The third-order valence-corrected chi connectivity index (χ3v) is 4.58. The van der Waals surface area contributed by atoms with Gasteiger partial charge in [-0.3, -0.25) is 0 Å². The van der Waals surface area contributed by atoms with Gasteiger partial charge in [0.25, 0.3) is 0 Å². The molecule has 0 bridgehead atoms. The SMILES string of the molecule is Cc1ccnc(SC2CCCCCCC2N)n1. The van der Waals surface area contributed by atoms with Crippen LogP contribution in [0.1, 0.15) is 44.2 Å². The number of nitrogens with two attached hydrogens (primary N) is 1. The van der Waals surface area contributed by atoms with Crippen LogP contribution in [0.15, 0.2) is 17.4 Å². The van der Waals surface area contributed by atoms with Gasteiger partial charge in [0.05, 0.1) is 0 Å². The largest absolute Gasteiger partial charge is 0.327 e. The zero-order valence-electron chi connectivity index (χ0n) is 10.4. The van der Waals surface area contributed by atoms with Crippen molar-refractivity contribution in [2.24, 2.45) is 5.73 Å². The monoisotopic (exact) mass is 251 g/mol. The van der Waals surface area contributed by atoms with E-state index in [2.05, 4.69) is 9.97 Å². The van der Waals surface area contributed by atoms with Crippen molar-refractivity contribution in [2.45, 2.75) is 61.9 Å². The molecule has 0 aromatic carbocycles. The molecule has 2 unspecified atom stereocenters. The lowest BCUT2D eigenvalue weighted by Crippen LogP contribution is -2.33. The summed E-state index contributed by atoms with van der Waals surface area (Å²) in [5.74, 6) is 0. The van der Waals surface area contributed by atoms with E-state index in [0.717, 1.165) is 17.3 Å². The summed E-state index contributed by atoms with van der Waals surface area (Å²) in [6, 6.07) is 2.23. The van der Waals surface area contributed by atoms with Crippen LogP contribution in [0.3, 0.4) is 0 Å². The minimum atomic E-state index is 0.296. The van der Waals surface area contributed by atoms with E-state index in [-0.39, 0.29) is 0 Å². The first-order valence-electron chi connectivity index (χ1n) is 6.47. The topological polar surface area (TPSA) is 51.8 Å². The van der Waals surface area contributed by atoms with Crippen LogP contribution in [-0.2, 0) is 0 Å². The molecular formula is C13H21N3S. The van der Waals surface area contributed by atoms with Gasteiger partial charge in [-0.1, -0.05) is 37.4 Å². The molecule has 1 aliphatic rings. The molecule has 0 amide bonds. The van der Waals surface area contributed by atoms with Crippen LogP contribution in [0.25, 0.3) is 0 Å². The molecule has 1 heterocycles. The molecular weight excluding hydrogens is 230 g/mol. The lowest BCUT2D eigenvalue weighted by Gasteiger charge is -2.25. The van der Waals surface area contributed by atoms with E-state index in [1.54, 1.807) is 11.8 Å². The van der Waals surface area contributed by atoms with Gasteiger partial charge in [-0.15, -0.1) is 0 Å². The van der Waals surface area contributed by atoms with Gasteiger partial charge in [0.2, 0.25) is 0 Å². The molecule has 1 fully saturated rings. The van der Waals surface area contributed by atoms with E-state index < -0.39 is 0 Å². The van der Waals surface area contributed by atoms with Crippen LogP contribution < -0.4 is 5.73 Å². The highest BCUT2D eigenvalue weighted by Crippen LogP contribution is 2.29. The first kappa shape index (κ1) is 12.8. The molecule has 0 saturated heterocycles. The fraction of sp³-hybridized carbons (Fsp3) is 0.692. The molecule has 3 nitrogen and oxygen atoms in total. The Labute approximate surface area is 108 Å². The van der Waals surface area contributed by atoms with Crippen molar-refractivity contribution in [3.05, 3.63) is 18.0 Å². The molecule has 1 aromatic rings. The van der Waals surface area contributed by atoms with Gasteiger partial charge in [-0.05, 0) is 25.8 Å². The third kappa shape index (κ3) is 3.96. The molecule has 0 aliphatic heterocycles. The first-order valence-corrected chi connectivity index (χ1v) is 7.35. The Hall–Kier alpha value is -0.610. The summed E-state index contributed by atoms with van der Waals surface area (Å²) < 4.78 is 0. The number of rotatable bonds is 2. The van der Waals surface area contributed by atoms with E-state index in [1.165, 1.54) is 32.1 Å². The molecule has 0 radical (unpaired) electrons. The number of thioether (sulfide) groups is 1. The predicted octanol–water partition coefficient (Wildman–Crippen LogP) is 2.93. The molecule has 1 saturated carbocycles. The molecule has 1 aliphatic carbocycles. The molecule has 1 aromatic heterocycles. The second-order valence-corrected chi connectivity index (χ2v) is 6.00. The quantitative estimate of drug-likeness (QED) is 0.821. The molecule has 17 heavy (non-hydrogen) atoms. The fourth-order valence-electron chi connectivity index (χ4n) is 2.24. The summed E-state index contributed by atoms with van der Waals surface area (Å²) in [6.07, 6.45) is 9.42. The molecule has 0 spiro atoms. The lowest BCUT2D eigenvalue weighted by molar-refractivity contribution is 0.463. The van der Waals surface area contributed by atoms with E-state index in [1.807, 2.05) is 19.2 Å². The highest BCUT2D eigenvalue weighted by Gasteiger charge is 2.21. The maximum Gasteiger partial charge on any atom is 0.188 e. The maximum atomic E-state index is 6.26. The van der Waals surface area contributed by atoms with Crippen molar-refractivity contribution in [3.8, 4) is 0 Å². The van der Waals surface area contributed by atoms with Gasteiger partial charge >= 0.3 is 0 Å². The van der Waals surface area contributed by atoms with Crippen molar-refractivity contribution >= 4 is 11.8 Å². The minimum Gasteiger partial charge on any atom is -0.327 e. The summed E-state index contributed by atoms with van der Waals surface area (Å²) in [6.45, 7) is 2.00. The second kappa shape index (κ2) is 6.36. The van der Waals surface area contributed by atoms with E-state index in [4.69, 9.17) is 5.73 Å². The average molecular weight is 251 g/mol. The van der Waals surface area contributed by atoms with Crippen molar-refractivity contribution in [2.75, 3.05) is 0 Å². The summed E-state index contributed by atoms with van der Waals surface area (Å²) >= 11 is 1.76. The summed E-state index contributed by atoms with van der Waals surface area (Å²) in [5, 5.41) is 1.36. The molecule has 2 atom stereocenters. The number of aromatic nitrogens is 2. The van der Waals surface area contributed by atoms with Gasteiger partial charge in [0, 0.05) is 23.2 Å². The fourth-order valence-corrected chi connectivity index (χ4v) is 3.43. The first-order chi connectivity index (χ1) is 8.25. The van der Waals surface area contributed by atoms with Crippen LogP contribution in [0.4, 0.5) is 0 Å². The second-order valence-electron chi connectivity index (χ2n) is 4.79. The Morgan fingerprint density at radius 3 is 2.76 bits per heavy atom. The number of aryl methyl sites for hydroxylation is 1. The Kier molecular flexibility index (Phi) is 4.80. The van der Waals surface area contributed by atoms with Crippen LogP contribution in [0.5, 0.6) is 0 Å². The Bertz CT molecular complexity index is 356. The highest BCUT2D eigenvalue weighted by molar-refractivity contribution is 7.99. The minimum absolute atomic E-state index is 0.296. The molecule has 2 N–H and O–H groups in total. The summed E-state index contributed by atoms with van der Waals surface area (Å²) in [7, 11) is 0. The van der Waals surface area contributed by atoms with Crippen LogP contribution in [-0.4, -0.2) is 21.3 Å². The van der Waals surface area contributed by atoms with E-state index >= 15 is 0 Å². The normalized spacial score (nSPS) is 26.2. The van der Waals surface area contributed by atoms with Crippen LogP contribution >= 0.6 is 11.8 Å². The highest BCUT2D eigenvalue weighted by atomic mass is 32.2. The van der Waals surface area contributed by atoms with Crippen molar-refractivity contribution in [1.82, 2.24) is 9.97 Å². The summed E-state index contributed by atoms with van der Waals surface area (Å²) in [5.41, 5.74) is 7.29. The van der Waals surface area contributed by atoms with Crippen molar-refractivity contribution in [1.29, 1.82) is 0 Å². The Balaban J connectivity index is 1.99. The van der Waals surface area contributed by atoms with Crippen molar-refractivity contribution < 1.29 is 0 Å². The van der Waals surface area contributed by atoms with Crippen LogP contribution in [0, 0.1) is 6.92 Å². The van der Waals surface area contributed by atoms with Gasteiger partial charge in [-0.2, -0.15) is 0 Å². The standard InChI is InChI=1S/C13H21N3S/c1-10-8-9-15-13(16-10)17-12-7-5-3-2-4-6-11(12)14/h8-9,11-12H,2-7,14H2,1H3. The maximum absolute atomic E-state index is 6.26. The number of nitrogens with zero attached hydrogens (tertiary/aromatic N) is 2. The number of hydrogen-bond acceptors (Lipinski definition) is 4. The molecule has 94 valence electrons. The van der Waals surface area contributed by atoms with Gasteiger partial charge < -0.3 is 5.73 Å². The zero-order chi connectivity index (χ0) is 12.1. The van der Waals surface area contributed by atoms with E-state index in [0.29, 0.717) is 11.3 Å². The smallest absolute Gasteiger partial charge is 0.188 e. The van der Waals surface area contributed by atoms with Crippen LogP contribution in [0.2, 0.25) is 0 Å². The zero-order valence-corrected chi connectivity index (χ0v) is 11.2.